The zero-order chi connectivity index (χ0) is 22.0. The molecule has 0 aromatic heterocycles. The van der Waals surface area contributed by atoms with Gasteiger partial charge in [0.05, 0.1) is 5.69 Å². The molecule has 1 aromatic rings. The number of aryl methyl sites for hydroxylation is 1. The third-order valence-corrected chi connectivity index (χ3v) is 2.79. The van der Waals surface area contributed by atoms with Crippen molar-refractivity contribution in [1.29, 1.82) is 5.41 Å². The van der Waals surface area contributed by atoms with E-state index in [0.29, 0.717) is 11.3 Å². The minimum atomic E-state index is -0.553. The Labute approximate surface area is 163 Å². The van der Waals surface area contributed by atoms with Gasteiger partial charge < -0.3 is 25.1 Å². The maximum Gasteiger partial charge on any atom is 0.412 e. The van der Waals surface area contributed by atoms with Crippen LogP contribution in [-0.2, 0) is 14.3 Å². The van der Waals surface area contributed by atoms with Crippen molar-refractivity contribution >= 4 is 37.3 Å². The smallest absolute Gasteiger partial charge is 0.412 e. The van der Waals surface area contributed by atoms with Gasteiger partial charge in [0.2, 0.25) is 0 Å². The zero-order valence-electron chi connectivity index (χ0n) is 17.7. The first kappa shape index (κ1) is 29.1. The molecule has 0 bridgehead atoms. The predicted octanol–water partition coefficient (Wildman–Crippen LogP) is 4.82. The summed E-state index contributed by atoms with van der Waals surface area (Å²) in [5, 5.41) is 13.6. The highest BCUT2D eigenvalue weighted by atomic mass is 16.6. The zero-order valence-corrected chi connectivity index (χ0v) is 17.7. The molecule has 1 rings (SSSR count). The Kier molecular flexibility index (Phi) is 18.0. The lowest BCUT2D eigenvalue weighted by Gasteiger charge is -2.21. The molecule has 0 aliphatic heterocycles. The Hall–Kier alpha value is -2.70. The molecule has 0 atom stereocenters. The lowest BCUT2D eigenvalue weighted by atomic mass is 10.1. The first-order valence-electron chi connectivity index (χ1n) is 8.74. The van der Waals surface area contributed by atoms with Crippen molar-refractivity contribution in [1.82, 2.24) is 0 Å². The number of hydrogen-bond donors (Lipinski definition) is 3. The van der Waals surface area contributed by atoms with Crippen molar-refractivity contribution in [3.8, 4) is 0 Å². The van der Waals surface area contributed by atoms with Gasteiger partial charge in [0.15, 0.2) is 0 Å². The highest BCUT2D eigenvalue weighted by Crippen LogP contribution is 2.27. The molecule has 0 radical (unpaired) electrons. The van der Waals surface area contributed by atoms with E-state index in [1.807, 2.05) is 61.2 Å². The number of ether oxygens (including phenoxy) is 1. The van der Waals surface area contributed by atoms with Crippen molar-refractivity contribution in [3.63, 3.8) is 0 Å². The van der Waals surface area contributed by atoms with Gasteiger partial charge in [-0.15, -0.1) is 0 Å². The molecule has 0 unspecified atom stereocenters. The number of carbonyl (C=O) groups excluding carboxylic acids is 3. The molecule has 0 saturated carbocycles. The lowest BCUT2D eigenvalue weighted by molar-refractivity contribution is -0.0987. The second-order valence-corrected chi connectivity index (χ2v) is 5.92. The monoisotopic (exact) mass is 381 g/mol. The van der Waals surface area contributed by atoms with E-state index in [0.717, 1.165) is 24.2 Å². The molecule has 1 amide bonds. The number of amides is 1. The number of hydrogen-bond acceptors (Lipinski definition) is 6. The Morgan fingerprint density at radius 3 is 2.11 bits per heavy atom. The first-order chi connectivity index (χ1) is 12.8. The van der Waals surface area contributed by atoms with Crippen LogP contribution in [0.2, 0.25) is 0 Å². The number of anilines is 2. The average molecular weight is 382 g/mol. The maximum absolute atomic E-state index is 11.9. The molecule has 0 heterocycles. The Morgan fingerprint density at radius 1 is 1.19 bits per heavy atom. The molecular weight excluding hydrogens is 346 g/mol. The Bertz CT molecular complexity index is 553. The van der Waals surface area contributed by atoms with E-state index in [-0.39, 0.29) is 0 Å². The number of benzene rings is 1. The second kappa shape index (κ2) is 16.8. The minimum Gasteiger partial charge on any atom is -0.444 e. The summed E-state index contributed by atoms with van der Waals surface area (Å²) < 4.78 is 5.25. The van der Waals surface area contributed by atoms with Crippen LogP contribution >= 0.6 is 0 Å². The van der Waals surface area contributed by atoms with E-state index >= 15 is 0 Å². The summed E-state index contributed by atoms with van der Waals surface area (Å²) >= 11 is 0. The molecular formula is C20H35N3O4. The molecule has 154 valence electrons. The summed E-state index contributed by atoms with van der Waals surface area (Å²) in [6.45, 7) is 18.3. The fraction of sp³-hybridized carbons (Fsp3) is 0.500. The van der Waals surface area contributed by atoms with E-state index in [9.17, 15) is 4.79 Å². The van der Waals surface area contributed by atoms with E-state index in [4.69, 9.17) is 19.7 Å². The minimum absolute atomic E-state index is 0.518. The van der Waals surface area contributed by atoms with Crippen LogP contribution in [0.25, 0.3) is 0 Å². The highest BCUT2D eigenvalue weighted by molar-refractivity contribution is 5.99. The summed E-state index contributed by atoms with van der Waals surface area (Å²) in [6.07, 6.45) is 1.72. The standard InChI is InChI=1S/C16H25N3O2.C2H6.2CH2O/c1-6-9-18-14-11(2)7-8-13(12(14)10-17)19-15(20)21-16(3,4)5;3*1-2/h7-8,10,17-18H,6,9H2,1-5H3,(H,19,20);1-2H3;2*1H2. The van der Waals surface area contributed by atoms with Gasteiger partial charge in [-0.3, -0.25) is 5.32 Å². The van der Waals surface area contributed by atoms with Gasteiger partial charge in [0.1, 0.15) is 19.2 Å². The van der Waals surface area contributed by atoms with Crippen LogP contribution in [0.1, 0.15) is 59.1 Å². The SMILES string of the molecule is C=O.C=O.CC.CCCNc1c(C)ccc(NC(=O)OC(C)(C)C)c1C=N. The number of rotatable bonds is 5. The Morgan fingerprint density at radius 2 is 1.70 bits per heavy atom. The van der Waals surface area contributed by atoms with E-state index in [1.54, 1.807) is 6.07 Å². The van der Waals surface area contributed by atoms with Gasteiger partial charge in [-0.05, 0) is 45.7 Å². The van der Waals surface area contributed by atoms with Gasteiger partial charge in [0.25, 0.3) is 0 Å². The highest BCUT2D eigenvalue weighted by Gasteiger charge is 2.18. The molecule has 0 spiro atoms. The molecule has 0 aliphatic rings. The van der Waals surface area contributed by atoms with Gasteiger partial charge in [-0.1, -0.05) is 26.8 Å². The van der Waals surface area contributed by atoms with Crippen LogP contribution in [0.5, 0.6) is 0 Å². The van der Waals surface area contributed by atoms with E-state index < -0.39 is 11.7 Å². The van der Waals surface area contributed by atoms with Crippen LogP contribution in [-0.4, -0.2) is 38.0 Å². The average Bonchev–Trinajstić information content (AvgIpc) is 2.65. The number of nitrogens with one attached hydrogen (secondary N) is 3. The Balaban J connectivity index is -0.000000869. The van der Waals surface area contributed by atoms with Crippen LogP contribution in [0.4, 0.5) is 16.2 Å². The summed E-state index contributed by atoms with van der Waals surface area (Å²) in [7, 11) is 0. The third kappa shape index (κ3) is 12.3. The summed E-state index contributed by atoms with van der Waals surface area (Å²) in [4.78, 5) is 27.9. The van der Waals surface area contributed by atoms with Crippen LogP contribution < -0.4 is 10.6 Å². The summed E-state index contributed by atoms with van der Waals surface area (Å²) in [5.41, 5.74) is 2.60. The fourth-order valence-corrected chi connectivity index (χ4v) is 1.89. The largest absolute Gasteiger partial charge is 0.444 e. The third-order valence-electron chi connectivity index (χ3n) is 2.79. The molecule has 27 heavy (non-hydrogen) atoms. The van der Waals surface area contributed by atoms with Crippen molar-refractivity contribution in [2.75, 3.05) is 17.2 Å². The van der Waals surface area contributed by atoms with Gasteiger partial charge in [-0.25, -0.2) is 4.79 Å². The van der Waals surface area contributed by atoms with E-state index in [2.05, 4.69) is 17.6 Å². The lowest BCUT2D eigenvalue weighted by Crippen LogP contribution is -2.27. The molecule has 0 fully saturated rings. The molecule has 3 N–H and O–H groups in total. The summed E-state index contributed by atoms with van der Waals surface area (Å²) in [5.74, 6) is 0. The quantitative estimate of drug-likeness (QED) is 0.634. The van der Waals surface area contributed by atoms with Crippen LogP contribution in [0.3, 0.4) is 0 Å². The van der Waals surface area contributed by atoms with Crippen molar-refractivity contribution in [3.05, 3.63) is 23.3 Å². The van der Waals surface area contributed by atoms with Gasteiger partial charge >= 0.3 is 6.09 Å². The molecule has 1 aromatic carbocycles. The molecule has 7 nitrogen and oxygen atoms in total. The fourth-order valence-electron chi connectivity index (χ4n) is 1.89. The number of carbonyl (C=O) groups is 3. The van der Waals surface area contributed by atoms with Gasteiger partial charge in [0, 0.05) is 24.0 Å². The molecule has 7 heteroatoms. The van der Waals surface area contributed by atoms with E-state index in [1.165, 1.54) is 6.21 Å². The predicted molar refractivity (Wildman–Crippen MR) is 113 cm³/mol. The first-order valence-corrected chi connectivity index (χ1v) is 8.74. The molecule has 0 aliphatic carbocycles. The molecule has 0 saturated heterocycles. The van der Waals surface area contributed by atoms with Crippen LogP contribution in [0.15, 0.2) is 12.1 Å². The summed E-state index contributed by atoms with van der Waals surface area (Å²) in [6, 6.07) is 3.70. The topological polar surface area (TPSA) is 108 Å². The van der Waals surface area contributed by atoms with Crippen molar-refractivity contribution < 1.29 is 19.1 Å². The van der Waals surface area contributed by atoms with Crippen molar-refractivity contribution in [2.45, 2.75) is 60.5 Å². The van der Waals surface area contributed by atoms with Crippen molar-refractivity contribution in [2.24, 2.45) is 0 Å². The van der Waals surface area contributed by atoms with Crippen LogP contribution in [0, 0.1) is 12.3 Å². The van der Waals surface area contributed by atoms with Gasteiger partial charge in [-0.2, -0.15) is 0 Å². The second-order valence-electron chi connectivity index (χ2n) is 5.92. The normalized spacial score (nSPS) is 9.00. The maximum atomic E-state index is 11.9.